The van der Waals surface area contributed by atoms with Crippen LogP contribution in [0.15, 0.2) is 29.2 Å². The molecule has 0 bridgehead atoms. The average molecular weight is 268 g/mol. The fourth-order valence-electron chi connectivity index (χ4n) is 1.19. The average Bonchev–Trinajstić information content (AvgIpc) is 2.17. The molecule has 0 unspecified atom stereocenters. The summed E-state index contributed by atoms with van der Waals surface area (Å²) < 4.78 is 32.4. The molecule has 0 aliphatic carbocycles. The molecule has 0 atom stereocenters. The predicted octanol–water partition coefficient (Wildman–Crippen LogP) is -1.28. The molecule has 1 aromatic rings. The van der Waals surface area contributed by atoms with E-state index in [1.807, 2.05) is 13.8 Å². The van der Waals surface area contributed by atoms with Crippen LogP contribution >= 0.6 is 0 Å². The maximum Gasteiger partial charge on any atom is 1.00 e. The van der Waals surface area contributed by atoms with Crippen LogP contribution in [0, 0.1) is 0 Å². The third-order valence-electron chi connectivity index (χ3n) is 1.81. The van der Waals surface area contributed by atoms with Gasteiger partial charge in [-0.3, -0.25) is 0 Å². The van der Waals surface area contributed by atoms with Crippen molar-refractivity contribution in [2.45, 2.75) is 31.6 Å². The topological polar surface area (TPSA) is 77.4 Å². The zero-order valence-corrected chi connectivity index (χ0v) is 13.5. The number of hydrogen-bond acceptors (Lipinski definition) is 4. The Balaban J connectivity index is 0. The maximum atomic E-state index is 10.8. The van der Waals surface area contributed by atoms with E-state index in [1.54, 1.807) is 25.1 Å². The Labute approximate surface area is 125 Å². The van der Waals surface area contributed by atoms with Gasteiger partial charge in [-0.1, -0.05) is 32.0 Å². The van der Waals surface area contributed by atoms with E-state index in [4.69, 9.17) is 5.11 Å². The van der Waals surface area contributed by atoms with Crippen LogP contribution in [0.25, 0.3) is 0 Å². The summed E-state index contributed by atoms with van der Waals surface area (Å²) in [6.45, 7) is 5.63. The fraction of sp³-hybridized carbons (Fsp3) is 0.455. The zero-order chi connectivity index (χ0) is 12.8. The van der Waals surface area contributed by atoms with Gasteiger partial charge in [-0.15, -0.1) is 0 Å². The summed E-state index contributed by atoms with van der Waals surface area (Å²) in [4.78, 5) is -0.106. The van der Waals surface area contributed by atoms with Gasteiger partial charge in [-0.2, -0.15) is 0 Å². The molecule has 0 saturated heterocycles. The van der Waals surface area contributed by atoms with Crippen molar-refractivity contribution in [3.8, 4) is 0 Å². The second-order valence-electron chi connectivity index (χ2n) is 3.46. The normalized spacial score (nSPS) is 10.2. The number of benzene rings is 1. The van der Waals surface area contributed by atoms with E-state index < -0.39 is 10.1 Å². The van der Waals surface area contributed by atoms with Crippen molar-refractivity contribution < 1.29 is 47.6 Å². The first-order valence-electron chi connectivity index (χ1n) is 5.00. The van der Waals surface area contributed by atoms with Crippen molar-refractivity contribution in [2.24, 2.45) is 0 Å². The summed E-state index contributed by atoms with van der Waals surface area (Å²) in [5.41, 5.74) is 0.581. The molecule has 4 nitrogen and oxygen atoms in total. The summed E-state index contributed by atoms with van der Waals surface area (Å²) in [5.74, 6) is 0.0416. The molecule has 0 aliphatic heterocycles. The molecular formula is C11H17NaO4S. The smallest absolute Gasteiger partial charge is 0.744 e. The second-order valence-corrected chi connectivity index (χ2v) is 4.81. The number of hydrogen-bond donors (Lipinski definition) is 1. The molecule has 0 fully saturated rings. The van der Waals surface area contributed by atoms with Gasteiger partial charge in [0.05, 0.1) is 4.90 Å². The van der Waals surface area contributed by atoms with E-state index in [0.29, 0.717) is 5.56 Å². The van der Waals surface area contributed by atoms with Crippen LogP contribution in [0.3, 0.4) is 0 Å². The largest absolute Gasteiger partial charge is 1.00 e. The minimum absolute atomic E-state index is 0. The molecule has 0 amide bonds. The molecule has 0 aromatic heterocycles. The van der Waals surface area contributed by atoms with E-state index in [0.717, 1.165) is 0 Å². The molecule has 1 N–H and O–H groups in total. The summed E-state index contributed by atoms with van der Waals surface area (Å²) in [5, 5.41) is 7.57. The fourth-order valence-corrected chi connectivity index (χ4v) is 2.02. The second kappa shape index (κ2) is 9.08. The Morgan fingerprint density at radius 2 is 1.71 bits per heavy atom. The van der Waals surface area contributed by atoms with Crippen molar-refractivity contribution in [3.63, 3.8) is 0 Å². The number of aliphatic hydroxyl groups excluding tert-OH is 1. The Bertz CT molecular complexity index is 415. The molecule has 1 rings (SSSR count). The van der Waals surface area contributed by atoms with Crippen molar-refractivity contribution in [2.75, 3.05) is 6.61 Å². The van der Waals surface area contributed by atoms with Crippen molar-refractivity contribution >= 4 is 10.1 Å². The monoisotopic (exact) mass is 268 g/mol. The number of rotatable bonds is 2. The Kier molecular flexibility index (Phi) is 10.4. The SMILES string of the molecule is CC(C)c1ccccc1S(=O)(=O)[O-].CCO.[Na+]. The van der Waals surface area contributed by atoms with Gasteiger partial charge in [-0.25, -0.2) is 8.42 Å². The van der Waals surface area contributed by atoms with Crippen molar-refractivity contribution in [1.82, 2.24) is 0 Å². The van der Waals surface area contributed by atoms with E-state index in [1.165, 1.54) is 6.07 Å². The summed E-state index contributed by atoms with van der Waals surface area (Å²) in [7, 11) is -4.33. The van der Waals surface area contributed by atoms with Crippen LogP contribution in [-0.2, 0) is 10.1 Å². The maximum absolute atomic E-state index is 10.8. The predicted molar refractivity (Wildman–Crippen MR) is 61.3 cm³/mol. The van der Waals surface area contributed by atoms with Crippen LogP contribution in [0.4, 0.5) is 0 Å². The number of aliphatic hydroxyl groups is 1. The first-order chi connectivity index (χ1) is 7.34. The van der Waals surface area contributed by atoms with Gasteiger partial charge in [0.25, 0.3) is 0 Å². The quantitative estimate of drug-likeness (QED) is 0.535. The minimum atomic E-state index is -4.33. The van der Waals surface area contributed by atoms with Gasteiger partial charge in [0.15, 0.2) is 0 Å². The van der Waals surface area contributed by atoms with Gasteiger partial charge in [0, 0.05) is 6.61 Å². The summed E-state index contributed by atoms with van der Waals surface area (Å²) in [6, 6.07) is 6.29. The first-order valence-corrected chi connectivity index (χ1v) is 6.41. The summed E-state index contributed by atoms with van der Waals surface area (Å²) >= 11 is 0. The molecule has 0 aliphatic rings. The zero-order valence-electron chi connectivity index (χ0n) is 10.7. The molecule has 0 saturated carbocycles. The van der Waals surface area contributed by atoms with Crippen LogP contribution in [-0.4, -0.2) is 24.7 Å². The van der Waals surface area contributed by atoms with E-state index in [2.05, 4.69) is 0 Å². The molecule has 0 heterocycles. The molecule has 0 spiro atoms. The molecular weight excluding hydrogens is 251 g/mol. The van der Waals surface area contributed by atoms with Crippen LogP contribution in [0.2, 0.25) is 0 Å². The van der Waals surface area contributed by atoms with Gasteiger partial charge in [-0.05, 0) is 24.5 Å². The van der Waals surface area contributed by atoms with E-state index >= 15 is 0 Å². The molecule has 92 valence electrons. The standard InChI is InChI=1S/C9H12O3S.C2H6O.Na/c1-7(2)8-5-3-4-6-9(8)13(10,11)12;1-2-3;/h3-7H,1-2H3,(H,10,11,12);3H,2H2,1H3;/q;;+1/p-1. The molecule has 6 heteroatoms. The van der Waals surface area contributed by atoms with Crippen LogP contribution in [0.1, 0.15) is 32.3 Å². The van der Waals surface area contributed by atoms with E-state index in [-0.39, 0.29) is 47.0 Å². The van der Waals surface area contributed by atoms with Gasteiger partial charge in [0.2, 0.25) is 0 Å². The van der Waals surface area contributed by atoms with Crippen molar-refractivity contribution in [1.29, 1.82) is 0 Å². The van der Waals surface area contributed by atoms with Crippen LogP contribution < -0.4 is 29.6 Å². The van der Waals surface area contributed by atoms with Crippen LogP contribution in [0.5, 0.6) is 0 Å². The minimum Gasteiger partial charge on any atom is -0.744 e. The van der Waals surface area contributed by atoms with Crippen molar-refractivity contribution in [3.05, 3.63) is 29.8 Å². The van der Waals surface area contributed by atoms with Gasteiger partial charge in [0.1, 0.15) is 10.1 Å². The third-order valence-corrected chi connectivity index (χ3v) is 2.72. The Morgan fingerprint density at radius 3 is 2.00 bits per heavy atom. The van der Waals surface area contributed by atoms with Gasteiger partial charge < -0.3 is 9.66 Å². The Hall–Kier alpha value is 0.0900. The Morgan fingerprint density at radius 1 is 1.29 bits per heavy atom. The molecule has 17 heavy (non-hydrogen) atoms. The summed E-state index contributed by atoms with van der Waals surface area (Å²) in [6.07, 6.45) is 0. The van der Waals surface area contributed by atoms with Gasteiger partial charge >= 0.3 is 29.6 Å². The molecule has 1 aromatic carbocycles. The third kappa shape index (κ3) is 7.18. The molecule has 0 radical (unpaired) electrons. The van der Waals surface area contributed by atoms with E-state index in [9.17, 15) is 13.0 Å². The first kappa shape index (κ1) is 19.4.